The largest absolute Gasteiger partial charge is 0.316 e. The molecule has 0 radical (unpaired) electrons. The van der Waals surface area contributed by atoms with Gasteiger partial charge in [0.05, 0.1) is 5.01 Å². The third kappa shape index (κ3) is 2.28. The number of benzene rings is 1. The molecule has 0 aliphatic carbocycles. The van der Waals surface area contributed by atoms with Gasteiger partial charge < -0.3 is 5.32 Å². The van der Waals surface area contributed by atoms with Crippen molar-refractivity contribution in [1.82, 2.24) is 4.98 Å². The number of hydrogen-bond acceptors (Lipinski definition) is 3. The number of carbonyl (C=O) groups excluding carboxylic acids is 1. The number of nitrogens with zero attached hydrogens (tertiary/aromatic N) is 1. The second-order valence-corrected chi connectivity index (χ2v) is 4.66. The third-order valence-electron chi connectivity index (χ3n) is 2.07. The lowest BCUT2D eigenvalue weighted by atomic mass is 10.2. The maximum absolute atomic E-state index is 11.1. The van der Waals surface area contributed by atoms with Gasteiger partial charge in [-0.3, -0.25) is 4.79 Å². The van der Waals surface area contributed by atoms with Crippen LogP contribution < -0.4 is 5.32 Å². The molecule has 16 heavy (non-hydrogen) atoms. The van der Waals surface area contributed by atoms with Crippen LogP contribution in [0.25, 0.3) is 11.3 Å². The van der Waals surface area contributed by atoms with E-state index < -0.39 is 0 Å². The van der Waals surface area contributed by atoms with Crippen molar-refractivity contribution >= 4 is 22.2 Å². The SMILES string of the molecule is CC(=O)Nc1sc(C)nc1-c1ccccc1. The number of anilines is 1. The summed E-state index contributed by atoms with van der Waals surface area (Å²) in [6.45, 7) is 3.44. The van der Waals surface area contributed by atoms with Crippen LogP contribution in [0, 0.1) is 6.92 Å². The summed E-state index contributed by atoms with van der Waals surface area (Å²) in [6.07, 6.45) is 0. The molecular weight excluding hydrogens is 220 g/mol. The van der Waals surface area contributed by atoms with E-state index in [0.717, 1.165) is 21.3 Å². The van der Waals surface area contributed by atoms with E-state index >= 15 is 0 Å². The highest BCUT2D eigenvalue weighted by Crippen LogP contribution is 2.32. The van der Waals surface area contributed by atoms with Crippen molar-refractivity contribution in [2.24, 2.45) is 0 Å². The van der Waals surface area contributed by atoms with Crippen molar-refractivity contribution in [2.75, 3.05) is 5.32 Å². The summed E-state index contributed by atoms with van der Waals surface area (Å²) in [5, 5.41) is 4.57. The average molecular weight is 232 g/mol. The second-order valence-electron chi connectivity index (χ2n) is 3.46. The Morgan fingerprint density at radius 3 is 2.62 bits per heavy atom. The molecule has 0 spiro atoms. The fraction of sp³-hybridized carbons (Fsp3) is 0.167. The number of carbonyl (C=O) groups is 1. The molecule has 1 aromatic carbocycles. The van der Waals surface area contributed by atoms with Crippen molar-refractivity contribution in [3.63, 3.8) is 0 Å². The van der Waals surface area contributed by atoms with Crippen LogP contribution in [0.3, 0.4) is 0 Å². The second kappa shape index (κ2) is 4.45. The van der Waals surface area contributed by atoms with Gasteiger partial charge in [0.25, 0.3) is 0 Å². The Bertz CT molecular complexity index is 505. The number of rotatable bonds is 2. The molecule has 82 valence electrons. The summed E-state index contributed by atoms with van der Waals surface area (Å²) in [7, 11) is 0. The fourth-order valence-electron chi connectivity index (χ4n) is 1.46. The van der Waals surface area contributed by atoms with Crippen molar-refractivity contribution in [2.45, 2.75) is 13.8 Å². The first kappa shape index (κ1) is 10.8. The average Bonchev–Trinajstić information content (AvgIpc) is 2.60. The van der Waals surface area contributed by atoms with Gasteiger partial charge in [0.15, 0.2) is 0 Å². The van der Waals surface area contributed by atoms with Gasteiger partial charge in [-0.05, 0) is 6.92 Å². The molecule has 1 amide bonds. The summed E-state index contributed by atoms with van der Waals surface area (Å²) in [6, 6.07) is 9.85. The van der Waals surface area contributed by atoms with Crippen LogP contribution in [-0.2, 0) is 4.79 Å². The Morgan fingerprint density at radius 1 is 1.31 bits per heavy atom. The summed E-state index contributed by atoms with van der Waals surface area (Å²) >= 11 is 1.49. The van der Waals surface area contributed by atoms with E-state index in [1.807, 2.05) is 37.3 Å². The van der Waals surface area contributed by atoms with E-state index in [9.17, 15) is 4.79 Å². The first-order valence-corrected chi connectivity index (χ1v) is 5.79. The lowest BCUT2D eigenvalue weighted by Gasteiger charge is -2.01. The van der Waals surface area contributed by atoms with Gasteiger partial charge in [0, 0.05) is 12.5 Å². The van der Waals surface area contributed by atoms with E-state index in [1.54, 1.807) is 0 Å². The molecule has 2 rings (SSSR count). The molecule has 0 bridgehead atoms. The van der Waals surface area contributed by atoms with Crippen LogP contribution in [0.15, 0.2) is 30.3 Å². The highest BCUT2D eigenvalue weighted by Gasteiger charge is 2.11. The van der Waals surface area contributed by atoms with E-state index in [0.29, 0.717) is 0 Å². The standard InChI is InChI=1S/C12H12N2OS/c1-8(15)13-12-11(14-9(2)16-12)10-6-4-3-5-7-10/h3-7H,1-2H3,(H,13,15). The summed E-state index contributed by atoms with van der Waals surface area (Å²) < 4.78 is 0. The van der Waals surface area contributed by atoms with Crippen LogP contribution >= 0.6 is 11.3 Å². The molecule has 1 heterocycles. The molecule has 4 heteroatoms. The number of nitrogens with one attached hydrogen (secondary N) is 1. The van der Waals surface area contributed by atoms with Gasteiger partial charge in [0.2, 0.25) is 5.91 Å². The van der Waals surface area contributed by atoms with Gasteiger partial charge >= 0.3 is 0 Å². The van der Waals surface area contributed by atoms with Crippen LogP contribution in [0.5, 0.6) is 0 Å². The minimum atomic E-state index is -0.0687. The molecule has 0 fully saturated rings. The molecule has 0 saturated carbocycles. The zero-order valence-corrected chi connectivity index (χ0v) is 9.97. The zero-order valence-electron chi connectivity index (χ0n) is 9.15. The minimum absolute atomic E-state index is 0.0687. The number of amides is 1. The quantitative estimate of drug-likeness (QED) is 0.864. The van der Waals surface area contributed by atoms with Gasteiger partial charge in [0.1, 0.15) is 10.7 Å². The highest BCUT2D eigenvalue weighted by atomic mass is 32.1. The van der Waals surface area contributed by atoms with Gasteiger partial charge in [-0.25, -0.2) is 4.98 Å². The topological polar surface area (TPSA) is 42.0 Å². The van der Waals surface area contributed by atoms with Crippen LogP contribution in [0.2, 0.25) is 0 Å². The Balaban J connectivity index is 2.44. The monoisotopic (exact) mass is 232 g/mol. The predicted octanol–water partition coefficient (Wildman–Crippen LogP) is 3.08. The smallest absolute Gasteiger partial charge is 0.221 e. The molecule has 0 aliphatic heterocycles. The van der Waals surface area contributed by atoms with Crippen molar-refractivity contribution in [3.05, 3.63) is 35.3 Å². The molecule has 1 aromatic heterocycles. The normalized spacial score (nSPS) is 10.1. The predicted molar refractivity (Wildman–Crippen MR) is 66.6 cm³/mol. The molecular formula is C12H12N2OS. The number of aromatic nitrogens is 1. The van der Waals surface area contributed by atoms with E-state index in [1.165, 1.54) is 18.3 Å². The number of hydrogen-bond donors (Lipinski definition) is 1. The van der Waals surface area contributed by atoms with Crippen LogP contribution in [-0.4, -0.2) is 10.9 Å². The Labute approximate surface area is 98.2 Å². The summed E-state index contributed by atoms with van der Waals surface area (Å²) in [4.78, 5) is 15.5. The first-order chi connectivity index (χ1) is 7.66. The van der Waals surface area contributed by atoms with Gasteiger partial charge in [-0.1, -0.05) is 30.3 Å². The summed E-state index contributed by atoms with van der Waals surface area (Å²) in [5.74, 6) is -0.0687. The van der Waals surface area contributed by atoms with Crippen LogP contribution in [0.1, 0.15) is 11.9 Å². The highest BCUT2D eigenvalue weighted by molar-refractivity contribution is 7.16. The minimum Gasteiger partial charge on any atom is -0.316 e. The molecule has 2 aromatic rings. The molecule has 0 aliphatic rings. The number of aryl methyl sites for hydroxylation is 1. The maximum atomic E-state index is 11.1. The molecule has 3 nitrogen and oxygen atoms in total. The first-order valence-electron chi connectivity index (χ1n) is 4.97. The zero-order chi connectivity index (χ0) is 11.5. The van der Waals surface area contributed by atoms with Crippen LogP contribution in [0.4, 0.5) is 5.00 Å². The van der Waals surface area contributed by atoms with E-state index in [4.69, 9.17) is 0 Å². The Hall–Kier alpha value is -1.68. The Kier molecular flexibility index (Phi) is 3.01. The van der Waals surface area contributed by atoms with Crippen molar-refractivity contribution in [3.8, 4) is 11.3 Å². The molecule has 0 saturated heterocycles. The molecule has 0 atom stereocenters. The Morgan fingerprint density at radius 2 is 2.00 bits per heavy atom. The molecule has 1 N–H and O–H groups in total. The van der Waals surface area contributed by atoms with Crippen molar-refractivity contribution in [1.29, 1.82) is 0 Å². The summed E-state index contributed by atoms with van der Waals surface area (Å²) in [5.41, 5.74) is 1.87. The van der Waals surface area contributed by atoms with E-state index in [-0.39, 0.29) is 5.91 Å². The lowest BCUT2D eigenvalue weighted by molar-refractivity contribution is -0.114. The number of thiazole rings is 1. The molecule has 0 unspecified atom stereocenters. The van der Waals surface area contributed by atoms with Gasteiger partial charge in [-0.15, -0.1) is 11.3 Å². The lowest BCUT2D eigenvalue weighted by Crippen LogP contribution is -2.05. The third-order valence-corrected chi connectivity index (χ3v) is 2.96. The maximum Gasteiger partial charge on any atom is 0.221 e. The fourth-order valence-corrected chi connectivity index (χ4v) is 2.35. The van der Waals surface area contributed by atoms with Gasteiger partial charge in [-0.2, -0.15) is 0 Å². The van der Waals surface area contributed by atoms with Crippen molar-refractivity contribution < 1.29 is 4.79 Å². The van der Waals surface area contributed by atoms with E-state index in [2.05, 4.69) is 10.3 Å².